The minimum Gasteiger partial charge on any atom is -0.491 e. The summed E-state index contributed by atoms with van der Waals surface area (Å²) in [5.41, 5.74) is 0.468. The summed E-state index contributed by atoms with van der Waals surface area (Å²) in [4.78, 5) is 11.3. The SMILES string of the molecule is COCCOCCOc1cccc(C(=O)OC)c1. The lowest BCUT2D eigenvalue weighted by atomic mass is 10.2. The summed E-state index contributed by atoms with van der Waals surface area (Å²) in [5.74, 6) is 0.241. The average molecular weight is 254 g/mol. The van der Waals surface area contributed by atoms with E-state index in [2.05, 4.69) is 4.74 Å². The number of rotatable bonds is 8. The molecule has 0 amide bonds. The first kappa shape index (κ1) is 14.5. The van der Waals surface area contributed by atoms with Gasteiger partial charge in [0.25, 0.3) is 0 Å². The van der Waals surface area contributed by atoms with E-state index in [1.807, 2.05) is 0 Å². The van der Waals surface area contributed by atoms with Crippen LogP contribution in [-0.4, -0.2) is 46.6 Å². The minimum absolute atomic E-state index is 0.378. The Morgan fingerprint density at radius 2 is 1.89 bits per heavy atom. The van der Waals surface area contributed by atoms with Crippen LogP contribution in [0.4, 0.5) is 0 Å². The topological polar surface area (TPSA) is 54.0 Å². The lowest BCUT2D eigenvalue weighted by Gasteiger charge is -2.08. The van der Waals surface area contributed by atoms with Crippen molar-refractivity contribution in [2.75, 3.05) is 40.6 Å². The Morgan fingerprint density at radius 3 is 2.61 bits per heavy atom. The number of carbonyl (C=O) groups is 1. The third kappa shape index (κ3) is 5.16. The summed E-state index contributed by atoms with van der Waals surface area (Å²) in [6.07, 6.45) is 0. The molecule has 0 N–H and O–H groups in total. The quantitative estimate of drug-likeness (QED) is 0.520. The van der Waals surface area contributed by atoms with E-state index in [0.29, 0.717) is 37.7 Å². The largest absolute Gasteiger partial charge is 0.491 e. The third-order valence-electron chi connectivity index (χ3n) is 2.18. The summed E-state index contributed by atoms with van der Waals surface area (Å²) in [5, 5.41) is 0. The Morgan fingerprint density at radius 1 is 1.11 bits per heavy atom. The molecule has 0 aromatic heterocycles. The summed E-state index contributed by atoms with van der Waals surface area (Å²) in [7, 11) is 2.97. The van der Waals surface area contributed by atoms with Crippen LogP contribution in [0.25, 0.3) is 0 Å². The molecule has 0 radical (unpaired) electrons. The summed E-state index contributed by atoms with van der Waals surface area (Å²) in [6.45, 7) is 2.01. The maximum Gasteiger partial charge on any atom is 0.337 e. The second-order valence-corrected chi connectivity index (χ2v) is 3.47. The molecule has 1 aromatic rings. The van der Waals surface area contributed by atoms with Crippen LogP contribution in [0, 0.1) is 0 Å². The molecule has 0 saturated heterocycles. The van der Waals surface area contributed by atoms with Gasteiger partial charge in [-0.25, -0.2) is 4.79 Å². The number of esters is 1. The van der Waals surface area contributed by atoms with Crippen molar-refractivity contribution in [2.24, 2.45) is 0 Å². The van der Waals surface area contributed by atoms with Crippen molar-refractivity contribution in [3.05, 3.63) is 29.8 Å². The fraction of sp³-hybridized carbons (Fsp3) is 0.462. The molecule has 0 aliphatic carbocycles. The van der Waals surface area contributed by atoms with Gasteiger partial charge in [0.1, 0.15) is 12.4 Å². The monoisotopic (exact) mass is 254 g/mol. The van der Waals surface area contributed by atoms with Crippen molar-refractivity contribution >= 4 is 5.97 Å². The van der Waals surface area contributed by atoms with E-state index in [1.165, 1.54) is 7.11 Å². The average Bonchev–Trinajstić information content (AvgIpc) is 2.42. The first-order valence-electron chi connectivity index (χ1n) is 5.65. The molecule has 0 unspecified atom stereocenters. The van der Waals surface area contributed by atoms with Crippen molar-refractivity contribution in [1.29, 1.82) is 0 Å². The third-order valence-corrected chi connectivity index (χ3v) is 2.18. The van der Waals surface area contributed by atoms with Gasteiger partial charge < -0.3 is 18.9 Å². The Kier molecular flexibility index (Phi) is 6.83. The van der Waals surface area contributed by atoms with E-state index in [4.69, 9.17) is 14.2 Å². The van der Waals surface area contributed by atoms with Gasteiger partial charge in [-0.3, -0.25) is 0 Å². The first-order valence-corrected chi connectivity index (χ1v) is 5.65. The van der Waals surface area contributed by atoms with Gasteiger partial charge in [-0.2, -0.15) is 0 Å². The highest BCUT2D eigenvalue weighted by atomic mass is 16.5. The fourth-order valence-corrected chi connectivity index (χ4v) is 1.29. The molecule has 0 atom stereocenters. The lowest BCUT2D eigenvalue weighted by molar-refractivity contribution is 0.0542. The second kappa shape index (κ2) is 8.49. The molecule has 0 aliphatic heterocycles. The predicted octanol–water partition coefficient (Wildman–Crippen LogP) is 1.52. The van der Waals surface area contributed by atoms with Crippen LogP contribution < -0.4 is 4.74 Å². The fourth-order valence-electron chi connectivity index (χ4n) is 1.29. The van der Waals surface area contributed by atoms with Gasteiger partial charge in [0.15, 0.2) is 0 Å². The zero-order valence-corrected chi connectivity index (χ0v) is 10.7. The van der Waals surface area contributed by atoms with Gasteiger partial charge in [-0.15, -0.1) is 0 Å². The maximum absolute atomic E-state index is 11.3. The summed E-state index contributed by atoms with van der Waals surface area (Å²) < 4.78 is 20.2. The molecule has 1 aromatic carbocycles. The molecule has 18 heavy (non-hydrogen) atoms. The Bertz CT molecular complexity index is 364. The molecule has 1 rings (SSSR count). The summed E-state index contributed by atoms with van der Waals surface area (Å²) in [6, 6.07) is 6.84. The molecule has 5 nitrogen and oxygen atoms in total. The van der Waals surface area contributed by atoms with E-state index in [9.17, 15) is 4.79 Å². The van der Waals surface area contributed by atoms with Crippen LogP contribution in [-0.2, 0) is 14.2 Å². The molecule has 0 bridgehead atoms. The molecule has 0 fully saturated rings. The zero-order valence-electron chi connectivity index (χ0n) is 10.7. The number of hydrogen-bond donors (Lipinski definition) is 0. The summed E-state index contributed by atoms with van der Waals surface area (Å²) >= 11 is 0. The van der Waals surface area contributed by atoms with Crippen molar-refractivity contribution in [1.82, 2.24) is 0 Å². The number of ether oxygens (including phenoxy) is 4. The van der Waals surface area contributed by atoms with E-state index < -0.39 is 0 Å². The van der Waals surface area contributed by atoms with Gasteiger partial charge in [-0.1, -0.05) is 6.07 Å². The molecule has 0 spiro atoms. The van der Waals surface area contributed by atoms with Crippen LogP contribution >= 0.6 is 0 Å². The highest BCUT2D eigenvalue weighted by Crippen LogP contribution is 2.13. The predicted molar refractivity (Wildman–Crippen MR) is 66.0 cm³/mol. The molecular weight excluding hydrogens is 236 g/mol. The first-order chi connectivity index (χ1) is 8.77. The van der Waals surface area contributed by atoms with Crippen molar-refractivity contribution in [2.45, 2.75) is 0 Å². The van der Waals surface area contributed by atoms with Crippen LogP contribution in [0.1, 0.15) is 10.4 Å². The molecule has 0 aliphatic rings. The lowest BCUT2D eigenvalue weighted by Crippen LogP contribution is -2.10. The molecule has 100 valence electrons. The van der Waals surface area contributed by atoms with Crippen LogP contribution in [0.15, 0.2) is 24.3 Å². The van der Waals surface area contributed by atoms with Crippen molar-refractivity contribution in [3.8, 4) is 5.75 Å². The second-order valence-electron chi connectivity index (χ2n) is 3.47. The number of carbonyl (C=O) groups excluding carboxylic acids is 1. The number of hydrogen-bond acceptors (Lipinski definition) is 5. The highest BCUT2D eigenvalue weighted by molar-refractivity contribution is 5.89. The van der Waals surface area contributed by atoms with E-state index >= 15 is 0 Å². The molecule has 0 saturated carbocycles. The van der Waals surface area contributed by atoms with Gasteiger partial charge >= 0.3 is 5.97 Å². The smallest absolute Gasteiger partial charge is 0.337 e. The standard InChI is InChI=1S/C13H18O5/c1-15-6-7-17-8-9-18-12-5-3-4-11(10-12)13(14)16-2/h3-5,10H,6-9H2,1-2H3. The zero-order chi connectivity index (χ0) is 13.2. The van der Waals surface area contributed by atoms with Gasteiger partial charge in [0.05, 0.1) is 32.5 Å². The van der Waals surface area contributed by atoms with Crippen molar-refractivity contribution < 1.29 is 23.7 Å². The molecular formula is C13H18O5. The van der Waals surface area contributed by atoms with Crippen LogP contribution in [0.5, 0.6) is 5.75 Å². The Labute approximate surface area is 107 Å². The van der Waals surface area contributed by atoms with Crippen LogP contribution in [0.2, 0.25) is 0 Å². The number of benzene rings is 1. The Balaban J connectivity index is 2.32. The van der Waals surface area contributed by atoms with Crippen molar-refractivity contribution in [3.63, 3.8) is 0 Å². The van der Waals surface area contributed by atoms with Gasteiger partial charge in [0, 0.05) is 7.11 Å². The Hall–Kier alpha value is -1.59. The van der Waals surface area contributed by atoms with E-state index in [0.717, 1.165) is 0 Å². The van der Waals surface area contributed by atoms with E-state index in [-0.39, 0.29) is 5.97 Å². The van der Waals surface area contributed by atoms with Gasteiger partial charge in [-0.05, 0) is 18.2 Å². The highest BCUT2D eigenvalue weighted by Gasteiger charge is 2.05. The minimum atomic E-state index is -0.378. The maximum atomic E-state index is 11.3. The van der Waals surface area contributed by atoms with E-state index in [1.54, 1.807) is 31.4 Å². The normalized spacial score (nSPS) is 10.1. The molecule has 5 heteroatoms. The van der Waals surface area contributed by atoms with Crippen LogP contribution in [0.3, 0.4) is 0 Å². The number of methoxy groups -OCH3 is 2. The van der Waals surface area contributed by atoms with Gasteiger partial charge in [0.2, 0.25) is 0 Å². The molecule has 0 heterocycles.